The first-order valence-corrected chi connectivity index (χ1v) is 10.7. The lowest BCUT2D eigenvalue weighted by molar-refractivity contribution is -0.113. The summed E-state index contributed by atoms with van der Waals surface area (Å²) in [6.07, 6.45) is 0. The Labute approximate surface area is 174 Å². The van der Waals surface area contributed by atoms with Gasteiger partial charge in [0, 0.05) is 17.0 Å². The molecule has 0 saturated heterocycles. The number of rotatable bonds is 6. The number of fused-ring (bicyclic) bond motifs is 1. The number of imidazole rings is 1. The number of benzene rings is 3. The molecule has 2 N–H and O–H groups in total. The molecule has 0 fully saturated rings. The van der Waals surface area contributed by atoms with Gasteiger partial charge in [-0.2, -0.15) is 0 Å². The van der Waals surface area contributed by atoms with Gasteiger partial charge in [0.2, 0.25) is 5.91 Å². The lowest BCUT2D eigenvalue weighted by Crippen LogP contribution is -2.14. The number of H-pyrrole nitrogens is 1. The number of aromatic nitrogens is 2. The molecule has 146 valence electrons. The largest absolute Gasteiger partial charge is 0.338 e. The third kappa shape index (κ3) is 4.69. The second kappa shape index (κ2) is 8.53. The summed E-state index contributed by atoms with van der Waals surface area (Å²) in [5.74, 6) is 2.11. The summed E-state index contributed by atoms with van der Waals surface area (Å²) in [6.45, 7) is 4.16. The van der Waals surface area contributed by atoms with Crippen molar-refractivity contribution in [2.75, 3.05) is 11.1 Å². The number of hydrogen-bond donors (Lipinski definition) is 2. The monoisotopic (exact) mass is 401 g/mol. The highest BCUT2D eigenvalue weighted by Crippen LogP contribution is 2.23. The van der Waals surface area contributed by atoms with Crippen LogP contribution in [0.4, 0.5) is 5.69 Å². The number of carbonyl (C=O) groups is 1. The van der Waals surface area contributed by atoms with Crippen LogP contribution in [0.15, 0.2) is 66.7 Å². The van der Waals surface area contributed by atoms with Crippen LogP contribution in [0.5, 0.6) is 0 Å². The van der Waals surface area contributed by atoms with Gasteiger partial charge in [0.1, 0.15) is 5.82 Å². The van der Waals surface area contributed by atoms with Crippen LogP contribution in [0.2, 0.25) is 0 Å². The fourth-order valence-electron chi connectivity index (χ4n) is 3.19. The van der Waals surface area contributed by atoms with Crippen LogP contribution in [-0.4, -0.2) is 21.6 Å². The first kappa shape index (κ1) is 19.3. The van der Waals surface area contributed by atoms with Gasteiger partial charge in [-0.15, -0.1) is 11.8 Å². The minimum Gasteiger partial charge on any atom is -0.338 e. The Balaban J connectivity index is 1.35. The second-order valence-corrected chi connectivity index (χ2v) is 8.14. The molecule has 1 heterocycles. The Hall–Kier alpha value is -3.05. The predicted molar refractivity (Wildman–Crippen MR) is 122 cm³/mol. The molecule has 0 aliphatic carbocycles. The van der Waals surface area contributed by atoms with Gasteiger partial charge >= 0.3 is 0 Å². The van der Waals surface area contributed by atoms with Gasteiger partial charge < -0.3 is 10.3 Å². The van der Waals surface area contributed by atoms with E-state index in [1.165, 1.54) is 16.7 Å². The molecular formula is C24H23N3OS. The summed E-state index contributed by atoms with van der Waals surface area (Å²) in [6, 6.07) is 22.2. The number of aromatic amines is 1. The Morgan fingerprint density at radius 1 is 1.03 bits per heavy atom. The number of hydrogen-bond acceptors (Lipinski definition) is 3. The van der Waals surface area contributed by atoms with Crippen molar-refractivity contribution in [3.05, 3.63) is 83.4 Å². The molecule has 4 rings (SSSR count). The van der Waals surface area contributed by atoms with E-state index in [1.807, 2.05) is 42.5 Å². The van der Waals surface area contributed by atoms with Crippen molar-refractivity contribution in [3.63, 3.8) is 0 Å². The number of carbonyl (C=O) groups excluding carboxylic acids is 1. The summed E-state index contributed by atoms with van der Waals surface area (Å²) in [4.78, 5) is 20.2. The van der Waals surface area contributed by atoms with Crippen molar-refractivity contribution in [3.8, 4) is 11.4 Å². The number of nitrogens with one attached hydrogen (secondary N) is 2. The number of aryl methyl sites for hydroxylation is 2. The zero-order valence-corrected chi connectivity index (χ0v) is 17.3. The molecule has 1 amide bonds. The van der Waals surface area contributed by atoms with Gasteiger partial charge in [-0.3, -0.25) is 4.79 Å². The van der Waals surface area contributed by atoms with Crippen LogP contribution in [0.25, 0.3) is 22.4 Å². The van der Waals surface area contributed by atoms with Crippen molar-refractivity contribution < 1.29 is 4.79 Å². The molecule has 1 aromatic heterocycles. The number of thioether (sulfide) groups is 1. The highest BCUT2D eigenvalue weighted by molar-refractivity contribution is 7.99. The van der Waals surface area contributed by atoms with Gasteiger partial charge in [0.05, 0.1) is 16.8 Å². The molecule has 0 atom stereocenters. The van der Waals surface area contributed by atoms with E-state index in [0.29, 0.717) is 5.75 Å². The molecule has 0 aliphatic rings. The van der Waals surface area contributed by atoms with Gasteiger partial charge in [-0.1, -0.05) is 30.3 Å². The Bertz CT molecular complexity index is 1150. The second-order valence-electron chi connectivity index (χ2n) is 7.15. The van der Waals surface area contributed by atoms with Gasteiger partial charge in [-0.05, 0) is 66.9 Å². The molecule has 0 bridgehead atoms. The quantitative estimate of drug-likeness (QED) is 0.434. The average Bonchev–Trinajstić information content (AvgIpc) is 3.13. The summed E-state index contributed by atoms with van der Waals surface area (Å²) in [5.41, 5.74) is 7.50. The Morgan fingerprint density at radius 3 is 2.62 bits per heavy atom. The molecular weight excluding hydrogens is 378 g/mol. The maximum Gasteiger partial charge on any atom is 0.234 e. The average molecular weight is 402 g/mol. The molecule has 0 spiro atoms. The maximum absolute atomic E-state index is 12.2. The molecule has 0 unspecified atom stereocenters. The molecule has 5 heteroatoms. The van der Waals surface area contributed by atoms with Crippen molar-refractivity contribution >= 4 is 34.4 Å². The molecule has 3 aromatic carbocycles. The zero-order chi connectivity index (χ0) is 20.2. The maximum atomic E-state index is 12.2. The van der Waals surface area contributed by atoms with Crippen molar-refractivity contribution in [2.45, 2.75) is 19.6 Å². The lowest BCUT2D eigenvalue weighted by atomic mass is 10.1. The van der Waals surface area contributed by atoms with E-state index in [4.69, 9.17) is 0 Å². The summed E-state index contributed by atoms with van der Waals surface area (Å²) >= 11 is 1.62. The fraction of sp³-hybridized carbons (Fsp3) is 0.167. The topological polar surface area (TPSA) is 57.8 Å². The smallest absolute Gasteiger partial charge is 0.234 e. The Kier molecular flexibility index (Phi) is 5.67. The molecule has 29 heavy (non-hydrogen) atoms. The summed E-state index contributed by atoms with van der Waals surface area (Å²) in [5, 5.41) is 2.97. The molecule has 4 aromatic rings. The summed E-state index contributed by atoms with van der Waals surface area (Å²) < 4.78 is 0. The van der Waals surface area contributed by atoms with Crippen molar-refractivity contribution in [1.29, 1.82) is 0 Å². The first-order valence-electron chi connectivity index (χ1n) is 9.57. The van der Waals surface area contributed by atoms with E-state index in [9.17, 15) is 4.79 Å². The van der Waals surface area contributed by atoms with Gasteiger partial charge in [0.25, 0.3) is 0 Å². The third-order valence-electron chi connectivity index (χ3n) is 4.83. The normalized spacial score (nSPS) is 11.0. The standard InChI is InChI=1S/C24H23N3OS/c1-16-7-12-21-22(13-16)27-24(26-21)18-8-10-20(11-9-18)25-23(28)15-29-14-19-6-4-3-5-17(19)2/h3-13H,14-15H2,1-2H3,(H,25,28)(H,26,27). The van der Waals surface area contributed by atoms with E-state index >= 15 is 0 Å². The van der Waals surface area contributed by atoms with Gasteiger partial charge in [-0.25, -0.2) is 4.98 Å². The summed E-state index contributed by atoms with van der Waals surface area (Å²) in [7, 11) is 0. The first-order chi connectivity index (χ1) is 14.1. The van der Waals surface area contributed by atoms with Crippen LogP contribution in [0.1, 0.15) is 16.7 Å². The third-order valence-corrected chi connectivity index (χ3v) is 5.81. The van der Waals surface area contributed by atoms with Crippen LogP contribution < -0.4 is 5.32 Å². The van der Waals surface area contributed by atoms with E-state index in [-0.39, 0.29) is 5.91 Å². The van der Waals surface area contributed by atoms with Crippen LogP contribution in [-0.2, 0) is 10.5 Å². The molecule has 0 radical (unpaired) electrons. The minimum atomic E-state index is 0.00977. The zero-order valence-electron chi connectivity index (χ0n) is 16.5. The van der Waals surface area contributed by atoms with E-state index in [1.54, 1.807) is 11.8 Å². The van der Waals surface area contributed by atoms with Crippen molar-refractivity contribution in [2.24, 2.45) is 0 Å². The molecule has 0 aliphatic heterocycles. The number of amides is 1. The van der Waals surface area contributed by atoms with E-state index in [0.717, 1.165) is 33.9 Å². The van der Waals surface area contributed by atoms with Crippen molar-refractivity contribution in [1.82, 2.24) is 9.97 Å². The fourth-order valence-corrected chi connectivity index (χ4v) is 4.10. The molecule has 0 saturated carbocycles. The van der Waals surface area contributed by atoms with Crippen LogP contribution >= 0.6 is 11.8 Å². The number of anilines is 1. The highest BCUT2D eigenvalue weighted by atomic mass is 32.2. The minimum absolute atomic E-state index is 0.00977. The predicted octanol–water partition coefficient (Wildman–Crippen LogP) is 5.72. The highest BCUT2D eigenvalue weighted by Gasteiger charge is 2.07. The van der Waals surface area contributed by atoms with E-state index in [2.05, 4.69) is 53.4 Å². The SMILES string of the molecule is Cc1ccc2nc(-c3ccc(NC(=O)CSCc4ccccc4C)cc3)[nH]c2c1. The number of nitrogens with zero attached hydrogens (tertiary/aromatic N) is 1. The van der Waals surface area contributed by atoms with Gasteiger partial charge in [0.15, 0.2) is 0 Å². The van der Waals surface area contributed by atoms with E-state index < -0.39 is 0 Å². The van der Waals surface area contributed by atoms with Crippen LogP contribution in [0.3, 0.4) is 0 Å². The Morgan fingerprint density at radius 2 is 1.83 bits per heavy atom. The lowest BCUT2D eigenvalue weighted by Gasteiger charge is -2.07. The van der Waals surface area contributed by atoms with Crippen LogP contribution in [0, 0.1) is 13.8 Å². The molecule has 4 nitrogen and oxygen atoms in total.